The topological polar surface area (TPSA) is 20.2 Å². The summed E-state index contributed by atoms with van der Waals surface area (Å²) in [5.41, 5.74) is 1.81. The number of aryl methyl sites for hydroxylation is 1. The molecule has 1 aromatic rings. The number of hydrogen-bond donors (Lipinski definition) is 1. The first-order chi connectivity index (χ1) is 5.74. The Morgan fingerprint density at radius 2 is 2.17 bits per heavy atom. The van der Waals surface area contributed by atoms with Crippen molar-refractivity contribution < 1.29 is 9.50 Å². The highest BCUT2D eigenvalue weighted by Crippen LogP contribution is 2.11. The van der Waals surface area contributed by atoms with Gasteiger partial charge in [-0.3, -0.25) is 0 Å². The van der Waals surface area contributed by atoms with E-state index in [2.05, 4.69) is 0 Å². The summed E-state index contributed by atoms with van der Waals surface area (Å²) in [7, 11) is 0. The highest BCUT2D eigenvalue weighted by Gasteiger charge is 1.95. The van der Waals surface area contributed by atoms with Crippen molar-refractivity contribution in [1.82, 2.24) is 0 Å². The predicted molar refractivity (Wildman–Crippen MR) is 47.3 cm³/mol. The third kappa shape index (κ3) is 2.17. The predicted octanol–water partition coefficient (Wildman–Crippen LogP) is 2.30. The molecular weight excluding hydrogens is 155 g/mol. The van der Waals surface area contributed by atoms with Crippen molar-refractivity contribution in [3.8, 4) is 0 Å². The lowest BCUT2D eigenvalue weighted by atomic mass is 10.1. The second kappa shape index (κ2) is 4.02. The molecule has 0 fully saturated rings. The van der Waals surface area contributed by atoms with Gasteiger partial charge in [0.2, 0.25) is 0 Å². The maximum Gasteiger partial charge on any atom is 0.126 e. The highest BCUT2D eigenvalue weighted by atomic mass is 19.1. The molecule has 0 radical (unpaired) electrons. The summed E-state index contributed by atoms with van der Waals surface area (Å²) in [6, 6.07) is 7.44. The zero-order valence-electron chi connectivity index (χ0n) is 6.92. The molecule has 0 saturated heterocycles. The molecule has 1 N–H and O–H groups in total. The Bertz CT molecular complexity index is 292. The molecule has 12 heavy (non-hydrogen) atoms. The third-order valence-corrected chi connectivity index (χ3v) is 1.65. The SMILES string of the molecule is Cc1ccccc1/C=C(\F)CO. The van der Waals surface area contributed by atoms with Crippen LogP contribution in [0.2, 0.25) is 0 Å². The van der Waals surface area contributed by atoms with Crippen LogP contribution >= 0.6 is 0 Å². The maximum absolute atomic E-state index is 12.6. The Morgan fingerprint density at radius 1 is 1.50 bits per heavy atom. The number of rotatable bonds is 2. The molecule has 0 aliphatic carbocycles. The Labute approximate surface area is 71.2 Å². The Kier molecular flexibility index (Phi) is 3.00. The monoisotopic (exact) mass is 166 g/mol. The van der Waals surface area contributed by atoms with Gasteiger partial charge in [0, 0.05) is 0 Å². The molecule has 0 bridgehead atoms. The quantitative estimate of drug-likeness (QED) is 0.714. The number of aliphatic hydroxyl groups is 1. The summed E-state index contributed by atoms with van der Waals surface area (Å²) in [5.74, 6) is -0.510. The van der Waals surface area contributed by atoms with Crippen molar-refractivity contribution in [2.75, 3.05) is 6.61 Å². The largest absolute Gasteiger partial charge is 0.389 e. The van der Waals surface area contributed by atoms with E-state index in [4.69, 9.17) is 5.11 Å². The van der Waals surface area contributed by atoms with Gasteiger partial charge >= 0.3 is 0 Å². The molecule has 0 aliphatic heterocycles. The Balaban J connectivity index is 2.96. The fraction of sp³-hybridized carbons (Fsp3) is 0.200. The van der Waals surface area contributed by atoms with Gasteiger partial charge in [-0.05, 0) is 24.1 Å². The lowest BCUT2D eigenvalue weighted by Gasteiger charge is -1.98. The van der Waals surface area contributed by atoms with Crippen LogP contribution < -0.4 is 0 Å². The molecule has 0 aliphatic rings. The van der Waals surface area contributed by atoms with Crippen LogP contribution in [0, 0.1) is 6.92 Å². The van der Waals surface area contributed by atoms with Crippen LogP contribution in [0.15, 0.2) is 30.1 Å². The molecule has 0 aromatic heterocycles. The van der Waals surface area contributed by atoms with Crippen LogP contribution in [0.5, 0.6) is 0 Å². The van der Waals surface area contributed by atoms with E-state index in [9.17, 15) is 4.39 Å². The second-order valence-corrected chi connectivity index (χ2v) is 2.61. The van der Waals surface area contributed by atoms with Gasteiger partial charge in [0.05, 0.1) is 6.61 Å². The summed E-state index contributed by atoms with van der Waals surface area (Å²) in [4.78, 5) is 0. The molecule has 1 aromatic carbocycles. The molecule has 0 atom stereocenters. The molecular formula is C10H11FO. The second-order valence-electron chi connectivity index (χ2n) is 2.61. The van der Waals surface area contributed by atoms with E-state index in [1.165, 1.54) is 6.08 Å². The lowest BCUT2D eigenvalue weighted by molar-refractivity contribution is 0.300. The number of halogens is 1. The Hall–Kier alpha value is -1.15. The molecule has 64 valence electrons. The first-order valence-electron chi connectivity index (χ1n) is 3.76. The average molecular weight is 166 g/mol. The van der Waals surface area contributed by atoms with Gasteiger partial charge in [-0.1, -0.05) is 24.3 Å². The lowest BCUT2D eigenvalue weighted by Crippen LogP contribution is -1.84. The first-order valence-corrected chi connectivity index (χ1v) is 3.76. The maximum atomic E-state index is 12.6. The van der Waals surface area contributed by atoms with Crippen LogP contribution in [0.25, 0.3) is 6.08 Å². The van der Waals surface area contributed by atoms with Gasteiger partial charge in [0.15, 0.2) is 0 Å². The van der Waals surface area contributed by atoms with E-state index in [1.54, 1.807) is 0 Å². The highest BCUT2D eigenvalue weighted by molar-refractivity contribution is 5.54. The van der Waals surface area contributed by atoms with Crippen LogP contribution in [-0.2, 0) is 0 Å². The van der Waals surface area contributed by atoms with Crippen molar-refractivity contribution in [2.24, 2.45) is 0 Å². The van der Waals surface area contributed by atoms with Gasteiger partial charge in [0.1, 0.15) is 5.83 Å². The van der Waals surface area contributed by atoms with Crippen molar-refractivity contribution in [1.29, 1.82) is 0 Å². The van der Waals surface area contributed by atoms with Crippen molar-refractivity contribution >= 4 is 6.08 Å². The smallest absolute Gasteiger partial charge is 0.126 e. The summed E-state index contributed by atoms with van der Waals surface area (Å²) < 4.78 is 12.6. The van der Waals surface area contributed by atoms with Gasteiger partial charge in [0.25, 0.3) is 0 Å². The zero-order chi connectivity index (χ0) is 8.97. The minimum atomic E-state index is -0.533. The summed E-state index contributed by atoms with van der Waals surface area (Å²) >= 11 is 0. The van der Waals surface area contributed by atoms with Crippen molar-refractivity contribution in [3.63, 3.8) is 0 Å². The zero-order valence-corrected chi connectivity index (χ0v) is 6.92. The third-order valence-electron chi connectivity index (χ3n) is 1.65. The van der Waals surface area contributed by atoms with Crippen LogP contribution in [-0.4, -0.2) is 11.7 Å². The van der Waals surface area contributed by atoms with Crippen LogP contribution in [0.1, 0.15) is 11.1 Å². The summed E-state index contributed by atoms with van der Waals surface area (Å²) in [5, 5.41) is 8.44. The van der Waals surface area contributed by atoms with Gasteiger partial charge in [-0.25, -0.2) is 4.39 Å². The van der Waals surface area contributed by atoms with E-state index in [1.807, 2.05) is 31.2 Å². The van der Waals surface area contributed by atoms with Gasteiger partial charge in [-0.2, -0.15) is 0 Å². The molecule has 0 unspecified atom stereocenters. The number of hydrogen-bond acceptors (Lipinski definition) is 1. The standard InChI is InChI=1S/C10H11FO/c1-8-4-2-3-5-9(8)6-10(11)7-12/h2-6,12H,7H2,1H3/b10-6-. The fourth-order valence-electron chi connectivity index (χ4n) is 0.963. The number of aliphatic hydroxyl groups excluding tert-OH is 1. The minimum Gasteiger partial charge on any atom is -0.389 e. The minimum absolute atomic E-state index is 0.510. The molecule has 0 saturated carbocycles. The van der Waals surface area contributed by atoms with Crippen LogP contribution in [0.3, 0.4) is 0 Å². The van der Waals surface area contributed by atoms with Crippen molar-refractivity contribution in [3.05, 3.63) is 41.2 Å². The van der Waals surface area contributed by atoms with E-state index < -0.39 is 12.4 Å². The first kappa shape index (κ1) is 8.94. The molecule has 1 rings (SSSR count). The Morgan fingerprint density at radius 3 is 2.75 bits per heavy atom. The van der Waals surface area contributed by atoms with E-state index in [0.29, 0.717) is 0 Å². The van der Waals surface area contributed by atoms with Crippen LogP contribution in [0.4, 0.5) is 4.39 Å². The fourth-order valence-corrected chi connectivity index (χ4v) is 0.963. The van der Waals surface area contributed by atoms with Gasteiger partial charge in [-0.15, -0.1) is 0 Å². The molecule has 2 heteroatoms. The van der Waals surface area contributed by atoms with Gasteiger partial charge < -0.3 is 5.11 Å². The average Bonchev–Trinajstić information content (AvgIpc) is 2.09. The van der Waals surface area contributed by atoms with E-state index in [-0.39, 0.29) is 0 Å². The summed E-state index contributed by atoms with van der Waals surface area (Å²) in [6.45, 7) is 1.37. The number of benzene rings is 1. The van der Waals surface area contributed by atoms with E-state index >= 15 is 0 Å². The molecule has 0 amide bonds. The molecule has 0 heterocycles. The van der Waals surface area contributed by atoms with Crippen molar-refractivity contribution in [2.45, 2.75) is 6.92 Å². The molecule has 0 spiro atoms. The normalized spacial score (nSPS) is 11.8. The van der Waals surface area contributed by atoms with E-state index in [0.717, 1.165) is 11.1 Å². The summed E-state index contributed by atoms with van der Waals surface area (Å²) in [6.07, 6.45) is 1.34. The molecule has 1 nitrogen and oxygen atoms in total.